The smallest absolute Gasteiger partial charge is 0.550 e. The Morgan fingerprint density at radius 1 is 1.11 bits per heavy atom. The number of carbonyl (C=O) groups is 3. The van der Waals surface area contributed by atoms with Gasteiger partial charge in [0, 0.05) is 26.7 Å². The van der Waals surface area contributed by atoms with Gasteiger partial charge < -0.3 is 31.5 Å². The third-order valence-electron chi connectivity index (χ3n) is 0.372. The monoisotopic (exact) mass is 340 g/mol. The number of ketones is 1. The Morgan fingerprint density at radius 3 is 1.28 bits per heavy atom. The van der Waals surface area contributed by atoms with Crippen LogP contribution in [0.1, 0.15) is 27.7 Å². The van der Waals surface area contributed by atoms with E-state index in [0.717, 1.165) is 20.2 Å². The molecule has 0 aromatic rings. The largest absolute Gasteiger partial charge is 3.00 e. The summed E-state index contributed by atoms with van der Waals surface area (Å²) in [6.45, 7) is 8.41. The second-order valence-corrected chi connectivity index (χ2v) is 2.52. The summed E-state index contributed by atoms with van der Waals surface area (Å²) in [5.74, 6) is -2.25. The number of aliphatic carboxylic acids is 2. The minimum Gasteiger partial charge on any atom is -0.550 e. The zero-order chi connectivity index (χ0) is 14.9. The molecule has 0 saturated heterocycles. The first-order valence-electron chi connectivity index (χ1n) is 4.66. The Hall–Kier alpha value is -0.702. The van der Waals surface area contributed by atoms with E-state index in [1.165, 1.54) is 6.92 Å². The minimum absolute atomic E-state index is 0. The molecule has 0 atom stereocenters. The first-order chi connectivity index (χ1) is 7.61. The van der Waals surface area contributed by atoms with Gasteiger partial charge in [0.05, 0.1) is 7.17 Å². The summed E-state index contributed by atoms with van der Waals surface area (Å²) < 4.78 is 0. The summed E-state index contributed by atoms with van der Waals surface area (Å²) >= 11 is 0. The molecule has 18 heavy (non-hydrogen) atoms. The van der Waals surface area contributed by atoms with E-state index in [1.807, 2.05) is 14.1 Å². The fourth-order valence-electron chi connectivity index (χ4n) is 0.136. The Balaban J connectivity index is -0.0000000412. The molecule has 0 N–H and O–H groups in total. The van der Waals surface area contributed by atoms with E-state index in [2.05, 4.69) is 6.92 Å². The van der Waals surface area contributed by atoms with Crippen LogP contribution >= 0.6 is 0 Å². The molecule has 5 nitrogen and oxygen atoms in total. The van der Waals surface area contributed by atoms with Crippen molar-refractivity contribution in [2.45, 2.75) is 34.0 Å². The number of carbonyl (C=O) groups excluding carboxylic acids is 3. The number of hydrogen-bond acceptors (Lipinski definition) is 5. The molecule has 0 saturated carbocycles. The summed E-state index contributed by atoms with van der Waals surface area (Å²) in [6.07, 6.45) is 1.04. The Kier molecular flexibility index (Phi) is 50.4. The van der Waals surface area contributed by atoms with Crippen LogP contribution in [0.2, 0.25) is 6.32 Å². The van der Waals surface area contributed by atoms with Crippen molar-refractivity contribution in [3.8, 4) is 0 Å². The molecule has 0 amide bonds. The standard InChI is InChI=1S/C3H5O.C2H5B3.2C2H4O2.Rh/c1-3(2)4;1-2-4-5-3;2*1-2(3)4;/h1H2,2H3;2H2,1H3;2*1H3,(H,3,4);/q-1;;;;+3/p-2. The van der Waals surface area contributed by atoms with Crippen molar-refractivity contribution in [3.05, 3.63) is 6.92 Å². The fourth-order valence-corrected chi connectivity index (χ4v) is 0.136. The van der Waals surface area contributed by atoms with Crippen molar-refractivity contribution in [3.63, 3.8) is 0 Å². The van der Waals surface area contributed by atoms with E-state index in [1.54, 1.807) is 7.06 Å². The van der Waals surface area contributed by atoms with E-state index in [9.17, 15) is 4.79 Å². The van der Waals surface area contributed by atoms with Crippen molar-refractivity contribution in [1.29, 1.82) is 0 Å². The maximum Gasteiger partial charge on any atom is 3.00 e. The predicted molar refractivity (Wildman–Crippen MR) is 65.1 cm³/mol. The van der Waals surface area contributed by atoms with Gasteiger partial charge in [0.1, 0.15) is 0 Å². The summed E-state index contributed by atoms with van der Waals surface area (Å²) in [7, 11) is 8.42. The molecule has 0 aromatic carbocycles. The average molecular weight is 340 g/mol. The van der Waals surface area contributed by atoms with Gasteiger partial charge in [0.25, 0.3) is 0 Å². The van der Waals surface area contributed by atoms with E-state index in [-0.39, 0.29) is 25.3 Å². The van der Waals surface area contributed by atoms with Gasteiger partial charge in [-0.05, 0) is 26.6 Å². The quantitative estimate of drug-likeness (QED) is 0.418. The van der Waals surface area contributed by atoms with Crippen molar-refractivity contribution < 1.29 is 44.1 Å². The molecular formula is C9H16B3O5Rh. The maximum atomic E-state index is 9.33. The second kappa shape index (κ2) is 29.9. The van der Waals surface area contributed by atoms with Crippen LogP contribution in [0.4, 0.5) is 0 Å². The van der Waals surface area contributed by atoms with E-state index >= 15 is 0 Å². The molecule has 9 heteroatoms. The van der Waals surface area contributed by atoms with Crippen LogP contribution in [-0.4, -0.2) is 39.7 Å². The second-order valence-electron chi connectivity index (χ2n) is 2.52. The van der Waals surface area contributed by atoms with Crippen molar-refractivity contribution in [2.24, 2.45) is 0 Å². The third kappa shape index (κ3) is 1860. The Bertz CT molecular complexity index is 160. The number of carboxylic acid groups (broad SMARTS) is 2. The van der Waals surface area contributed by atoms with Crippen LogP contribution in [-0.2, 0) is 33.9 Å². The van der Waals surface area contributed by atoms with Crippen molar-refractivity contribution >= 4 is 39.7 Å². The predicted octanol–water partition coefficient (Wildman–Crippen LogP) is -2.25. The van der Waals surface area contributed by atoms with Gasteiger partial charge in [0.15, 0.2) is 0 Å². The third-order valence-corrected chi connectivity index (χ3v) is 0.372. The zero-order valence-electron chi connectivity index (χ0n) is 11.0. The van der Waals surface area contributed by atoms with E-state index < -0.39 is 11.9 Å². The first-order valence-corrected chi connectivity index (χ1v) is 4.66. The van der Waals surface area contributed by atoms with E-state index in [0.29, 0.717) is 0 Å². The number of carboxylic acids is 2. The molecule has 0 aliphatic carbocycles. The van der Waals surface area contributed by atoms with Crippen molar-refractivity contribution in [2.75, 3.05) is 0 Å². The van der Waals surface area contributed by atoms with Gasteiger partial charge in [-0.25, -0.2) is 0 Å². The zero-order valence-corrected chi connectivity index (χ0v) is 12.7. The van der Waals surface area contributed by atoms with Crippen LogP contribution in [0.25, 0.3) is 0 Å². The average Bonchev–Trinajstić information content (AvgIpc) is 2.01. The Labute approximate surface area is 125 Å². The van der Waals surface area contributed by atoms with Gasteiger partial charge in [-0.2, -0.15) is 0 Å². The van der Waals surface area contributed by atoms with Crippen molar-refractivity contribution in [1.82, 2.24) is 0 Å². The molecule has 0 bridgehead atoms. The molecule has 0 spiro atoms. The molecular weight excluding hydrogens is 323 g/mol. The normalized spacial score (nSPS) is 6.00. The van der Waals surface area contributed by atoms with Crippen LogP contribution in [0, 0.1) is 6.92 Å². The molecule has 100 valence electrons. The van der Waals surface area contributed by atoms with Gasteiger partial charge in [-0.3, -0.25) is 0 Å². The van der Waals surface area contributed by atoms with Crippen LogP contribution in [0.3, 0.4) is 0 Å². The molecule has 0 aromatic heterocycles. The van der Waals surface area contributed by atoms with E-state index in [4.69, 9.17) is 27.5 Å². The number of hydrogen-bond donors (Lipinski definition) is 0. The fraction of sp³-hybridized carbons (Fsp3) is 0.556. The molecule has 4 radical (unpaired) electrons. The summed E-state index contributed by atoms with van der Waals surface area (Å²) in [4.78, 5) is 27.1. The molecule has 0 heterocycles. The summed E-state index contributed by atoms with van der Waals surface area (Å²) in [5.41, 5.74) is 0. The molecule has 0 fully saturated rings. The molecule has 0 rings (SSSR count). The molecule has 0 unspecified atom stereocenters. The molecule has 0 aliphatic heterocycles. The van der Waals surface area contributed by atoms with Gasteiger partial charge in [-0.15, -0.1) is 0 Å². The first kappa shape index (κ1) is 30.4. The summed E-state index contributed by atoms with van der Waals surface area (Å²) in [5, 5.41) is 17.8. The summed E-state index contributed by atoms with van der Waals surface area (Å²) in [6, 6.07) is 0. The number of Topliss-reactive ketones (excluding diaryl/α,β-unsaturated/α-hetero) is 1. The van der Waals surface area contributed by atoms with Crippen LogP contribution in [0.15, 0.2) is 0 Å². The van der Waals surface area contributed by atoms with Crippen LogP contribution in [0.5, 0.6) is 0 Å². The Morgan fingerprint density at radius 2 is 1.28 bits per heavy atom. The van der Waals surface area contributed by atoms with Gasteiger partial charge >= 0.3 is 19.5 Å². The van der Waals surface area contributed by atoms with Crippen LogP contribution < -0.4 is 10.2 Å². The molecule has 0 aliphatic rings. The van der Waals surface area contributed by atoms with Gasteiger partial charge in [-0.1, -0.05) is 13.2 Å². The minimum atomic E-state index is -1.08. The SMILES string of the molecule is CC(=O)[O-].CC(=O)[O-].[B][B][B]CC.[CH2-]C(C)=O.[Rh+3]. The maximum absolute atomic E-state index is 9.33. The topological polar surface area (TPSA) is 97.3 Å². The number of rotatable bonds is 2. The van der Waals surface area contributed by atoms with Gasteiger partial charge in [0.2, 0.25) is 0 Å².